The number of anilines is 2. The lowest BCUT2D eigenvalue weighted by molar-refractivity contribution is -0.384. The monoisotopic (exact) mass is 482 g/mol. The molecule has 2 aliphatic heterocycles. The summed E-state index contributed by atoms with van der Waals surface area (Å²) in [5, 5.41) is 33.6. The Morgan fingerprint density at radius 1 is 1.11 bits per heavy atom. The van der Waals surface area contributed by atoms with Crippen molar-refractivity contribution in [2.24, 2.45) is 11.8 Å². The highest BCUT2D eigenvalue weighted by Crippen LogP contribution is 2.51. The maximum Gasteiger partial charge on any atom is 0.325 e. The summed E-state index contributed by atoms with van der Waals surface area (Å²) in [7, 11) is 3.66. The van der Waals surface area contributed by atoms with Crippen LogP contribution in [-0.2, 0) is 19.2 Å². The fourth-order valence-corrected chi connectivity index (χ4v) is 4.94. The van der Waals surface area contributed by atoms with Crippen LogP contribution in [0.5, 0.6) is 0 Å². The zero-order valence-corrected chi connectivity index (χ0v) is 18.7. The lowest BCUT2D eigenvalue weighted by Gasteiger charge is -2.29. The van der Waals surface area contributed by atoms with Crippen LogP contribution in [0.25, 0.3) is 0 Å². The fourth-order valence-electron chi connectivity index (χ4n) is 4.94. The number of aliphatic carboxylic acids is 2. The average Bonchev–Trinajstić information content (AvgIpc) is 3.27. The first-order chi connectivity index (χ1) is 16.5. The number of nitrogens with zero attached hydrogens (tertiary/aromatic N) is 3. The lowest BCUT2D eigenvalue weighted by Crippen LogP contribution is -2.57. The van der Waals surface area contributed by atoms with Crippen molar-refractivity contribution >= 4 is 40.8 Å². The molecule has 2 saturated heterocycles. The molecule has 4 atom stereocenters. The Bertz CT molecular complexity index is 1240. The fraction of sp³-hybridized carbons (Fsp3) is 0.304. The van der Waals surface area contributed by atoms with Gasteiger partial charge >= 0.3 is 11.9 Å². The first-order valence-corrected chi connectivity index (χ1v) is 10.6. The molecule has 3 N–H and O–H groups in total. The number of carbonyl (C=O) groups excluding carboxylic acids is 2. The summed E-state index contributed by atoms with van der Waals surface area (Å²) >= 11 is 0. The van der Waals surface area contributed by atoms with Crippen molar-refractivity contribution in [3.05, 3.63) is 64.2 Å². The second-order valence-electron chi connectivity index (χ2n) is 8.75. The molecule has 182 valence electrons. The minimum absolute atomic E-state index is 0.0834. The second-order valence-corrected chi connectivity index (χ2v) is 8.75. The predicted molar refractivity (Wildman–Crippen MR) is 122 cm³/mol. The van der Waals surface area contributed by atoms with Gasteiger partial charge in [-0.25, -0.2) is 4.90 Å². The number of hydrogen-bond donors (Lipinski definition) is 3. The molecule has 2 fully saturated rings. The van der Waals surface area contributed by atoms with Gasteiger partial charge in [0, 0.05) is 38.0 Å². The first kappa shape index (κ1) is 23.8. The summed E-state index contributed by atoms with van der Waals surface area (Å²) in [6, 6.07) is 10.8. The third-order valence-corrected chi connectivity index (χ3v) is 6.53. The molecule has 0 bridgehead atoms. The average molecular weight is 482 g/mol. The van der Waals surface area contributed by atoms with Gasteiger partial charge in [-0.2, -0.15) is 0 Å². The Morgan fingerprint density at radius 2 is 1.77 bits per heavy atom. The first-order valence-electron chi connectivity index (χ1n) is 10.6. The molecule has 0 aliphatic carbocycles. The van der Waals surface area contributed by atoms with Crippen LogP contribution in [-0.4, -0.2) is 58.5 Å². The molecule has 0 spiro atoms. The van der Waals surface area contributed by atoms with Gasteiger partial charge in [0.15, 0.2) is 0 Å². The van der Waals surface area contributed by atoms with Crippen molar-refractivity contribution in [3.63, 3.8) is 0 Å². The van der Waals surface area contributed by atoms with E-state index in [9.17, 15) is 39.5 Å². The van der Waals surface area contributed by atoms with Crippen LogP contribution >= 0.6 is 0 Å². The van der Waals surface area contributed by atoms with Crippen LogP contribution in [0, 0.1) is 22.0 Å². The smallest absolute Gasteiger partial charge is 0.325 e. The summed E-state index contributed by atoms with van der Waals surface area (Å²) in [5.41, 5.74) is -1.36. The summed E-state index contributed by atoms with van der Waals surface area (Å²) in [4.78, 5) is 64.4. The molecule has 4 rings (SSSR count). The molecule has 2 aromatic rings. The number of imide groups is 1. The van der Waals surface area contributed by atoms with Crippen LogP contribution < -0.4 is 15.1 Å². The van der Waals surface area contributed by atoms with Gasteiger partial charge < -0.3 is 15.1 Å². The number of fused-ring (bicyclic) bond motifs is 1. The molecule has 0 saturated carbocycles. The molecule has 0 radical (unpaired) electrons. The van der Waals surface area contributed by atoms with Crippen molar-refractivity contribution in [2.75, 3.05) is 23.9 Å². The highest BCUT2D eigenvalue weighted by atomic mass is 16.6. The number of nitro benzene ring substituents is 1. The zero-order valence-electron chi connectivity index (χ0n) is 18.7. The van der Waals surface area contributed by atoms with E-state index in [1.807, 2.05) is 19.0 Å². The third kappa shape index (κ3) is 3.77. The summed E-state index contributed by atoms with van der Waals surface area (Å²) in [6.07, 6.45) is -0.947. The molecule has 2 aliphatic rings. The number of carboxylic acids is 2. The summed E-state index contributed by atoms with van der Waals surface area (Å²) < 4.78 is 0. The van der Waals surface area contributed by atoms with Crippen LogP contribution in [0.2, 0.25) is 0 Å². The van der Waals surface area contributed by atoms with Crippen molar-refractivity contribution in [3.8, 4) is 0 Å². The van der Waals surface area contributed by atoms with E-state index in [0.717, 1.165) is 16.7 Å². The molecule has 2 heterocycles. The number of rotatable bonds is 7. The summed E-state index contributed by atoms with van der Waals surface area (Å²) in [6.45, 7) is 0. The zero-order chi connectivity index (χ0) is 25.7. The van der Waals surface area contributed by atoms with Gasteiger partial charge in [0.2, 0.25) is 11.8 Å². The number of carbonyl (C=O) groups is 4. The number of hydrogen-bond acceptors (Lipinski definition) is 8. The highest BCUT2D eigenvalue weighted by molar-refractivity contribution is 6.24. The van der Waals surface area contributed by atoms with Crippen molar-refractivity contribution in [2.45, 2.75) is 18.0 Å². The number of non-ortho nitro benzene ring substituents is 1. The number of nitro groups is 1. The van der Waals surface area contributed by atoms with E-state index < -0.39 is 58.5 Å². The molecule has 12 heteroatoms. The van der Waals surface area contributed by atoms with E-state index in [1.165, 1.54) is 18.2 Å². The van der Waals surface area contributed by atoms with Crippen molar-refractivity contribution < 1.29 is 34.3 Å². The maximum atomic E-state index is 13.6. The number of nitrogens with one attached hydrogen (secondary N) is 1. The van der Waals surface area contributed by atoms with Crippen molar-refractivity contribution in [1.29, 1.82) is 0 Å². The second kappa shape index (κ2) is 8.47. The molecule has 4 unspecified atom stereocenters. The van der Waals surface area contributed by atoms with Gasteiger partial charge in [0.05, 0.1) is 28.9 Å². The maximum absolute atomic E-state index is 13.6. The Kier molecular flexibility index (Phi) is 5.77. The predicted octanol–water partition coefficient (Wildman–Crippen LogP) is 1.41. The van der Waals surface area contributed by atoms with E-state index in [4.69, 9.17) is 0 Å². The Labute approximate surface area is 198 Å². The van der Waals surface area contributed by atoms with Gasteiger partial charge in [0.1, 0.15) is 5.54 Å². The van der Waals surface area contributed by atoms with E-state index in [-0.39, 0.29) is 11.4 Å². The van der Waals surface area contributed by atoms with Crippen LogP contribution in [0.3, 0.4) is 0 Å². The van der Waals surface area contributed by atoms with Gasteiger partial charge in [-0.05, 0) is 23.8 Å². The van der Waals surface area contributed by atoms with Crippen LogP contribution in [0.15, 0.2) is 48.5 Å². The Hall–Kier alpha value is -4.32. The highest BCUT2D eigenvalue weighted by Gasteiger charge is 2.69. The molecule has 12 nitrogen and oxygen atoms in total. The van der Waals surface area contributed by atoms with Crippen LogP contribution in [0.1, 0.15) is 18.0 Å². The topological polar surface area (TPSA) is 170 Å². The Balaban J connectivity index is 1.85. The van der Waals surface area contributed by atoms with E-state index in [0.29, 0.717) is 5.56 Å². The van der Waals surface area contributed by atoms with Gasteiger partial charge in [-0.3, -0.25) is 34.6 Å². The minimum Gasteiger partial charge on any atom is -0.481 e. The van der Waals surface area contributed by atoms with E-state index in [2.05, 4.69) is 5.32 Å². The SMILES string of the molecule is CN(C)c1ccc(C2NC(CC(=O)O)(C(=O)O)C3C(=O)N(c4cccc([N+](=O)[O-])c4)C(=O)C23)cc1. The molecule has 2 amide bonds. The Morgan fingerprint density at radius 3 is 2.31 bits per heavy atom. The third-order valence-electron chi connectivity index (χ3n) is 6.53. The normalized spacial score (nSPS) is 25.4. The lowest BCUT2D eigenvalue weighted by atomic mass is 9.77. The van der Waals surface area contributed by atoms with Gasteiger partial charge in [0.25, 0.3) is 5.69 Å². The molecule has 35 heavy (non-hydrogen) atoms. The number of amides is 2. The largest absolute Gasteiger partial charge is 0.481 e. The van der Waals surface area contributed by atoms with Gasteiger partial charge in [-0.15, -0.1) is 0 Å². The van der Waals surface area contributed by atoms with Gasteiger partial charge in [-0.1, -0.05) is 18.2 Å². The molecule has 0 aromatic heterocycles. The molecule has 2 aromatic carbocycles. The standard InChI is InChI=1S/C23H22N4O8/c1-25(2)13-8-6-12(7-9-13)19-17-18(23(24-19,22(32)33)11-16(28)29)21(31)26(20(17)30)14-4-3-5-15(10-14)27(34)35/h3-10,17-19,24H,11H2,1-2H3,(H,28,29)(H,32,33). The number of carboxylic acid groups (broad SMARTS) is 2. The minimum atomic E-state index is -2.26. The quantitative estimate of drug-likeness (QED) is 0.298. The molecular weight excluding hydrogens is 460 g/mol. The molecular formula is C23H22N4O8. The summed E-state index contributed by atoms with van der Waals surface area (Å²) in [5.74, 6) is -7.50. The van der Waals surface area contributed by atoms with E-state index >= 15 is 0 Å². The number of benzene rings is 2. The van der Waals surface area contributed by atoms with E-state index in [1.54, 1.807) is 24.3 Å². The van der Waals surface area contributed by atoms with Crippen LogP contribution in [0.4, 0.5) is 17.1 Å². The van der Waals surface area contributed by atoms with Crippen molar-refractivity contribution in [1.82, 2.24) is 5.32 Å².